The van der Waals surface area contributed by atoms with E-state index in [-0.39, 0.29) is 17.4 Å². The Morgan fingerprint density at radius 2 is 2.40 bits per heavy atom. The highest BCUT2D eigenvalue weighted by atomic mass is 16.3. The van der Waals surface area contributed by atoms with Crippen LogP contribution in [0.15, 0.2) is 0 Å². The van der Waals surface area contributed by atoms with Crippen LogP contribution in [0.4, 0.5) is 0 Å². The highest BCUT2D eigenvalue weighted by molar-refractivity contribution is 5.85. The summed E-state index contributed by atoms with van der Waals surface area (Å²) in [6.45, 7) is 2.02. The van der Waals surface area contributed by atoms with Gasteiger partial charge in [0.05, 0.1) is 6.10 Å². The van der Waals surface area contributed by atoms with E-state index in [2.05, 4.69) is 0 Å². The summed E-state index contributed by atoms with van der Waals surface area (Å²) in [4.78, 5) is 11.1. The van der Waals surface area contributed by atoms with Crippen LogP contribution in [0.1, 0.15) is 26.2 Å². The molecule has 56 valence electrons. The number of ketones is 1. The minimum Gasteiger partial charge on any atom is -0.393 e. The molecule has 2 aliphatic rings. The van der Waals surface area contributed by atoms with Crippen molar-refractivity contribution in [3.8, 4) is 0 Å². The van der Waals surface area contributed by atoms with Gasteiger partial charge in [-0.3, -0.25) is 4.79 Å². The molecule has 0 amide bonds. The van der Waals surface area contributed by atoms with Gasteiger partial charge in [0.25, 0.3) is 0 Å². The third kappa shape index (κ3) is 0.601. The van der Waals surface area contributed by atoms with Crippen LogP contribution in [0.25, 0.3) is 0 Å². The second kappa shape index (κ2) is 1.62. The quantitative estimate of drug-likeness (QED) is 0.538. The van der Waals surface area contributed by atoms with Crippen molar-refractivity contribution in [1.82, 2.24) is 0 Å². The predicted octanol–water partition coefficient (Wildman–Crippen LogP) is 0.736. The van der Waals surface area contributed by atoms with Crippen molar-refractivity contribution < 1.29 is 9.90 Å². The molecule has 0 aliphatic heterocycles. The van der Waals surface area contributed by atoms with E-state index in [0.29, 0.717) is 12.2 Å². The second-order valence-electron chi connectivity index (χ2n) is 3.95. The van der Waals surface area contributed by atoms with Crippen molar-refractivity contribution in [2.45, 2.75) is 32.3 Å². The molecule has 0 aromatic carbocycles. The van der Waals surface area contributed by atoms with Crippen molar-refractivity contribution in [3.05, 3.63) is 0 Å². The number of rotatable bonds is 0. The number of aliphatic hydroxyl groups is 1. The monoisotopic (exact) mass is 140 g/mol. The fraction of sp³-hybridized carbons (Fsp3) is 0.875. The second-order valence-corrected chi connectivity index (χ2v) is 3.95. The summed E-state index contributed by atoms with van der Waals surface area (Å²) in [5, 5.41) is 9.44. The Morgan fingerprint density at radius 1 is 1.70 bits per heavy atom. The van der Waals surface area contributed by atoms with E-state index < -0.39 is 0 Å². The molecule has 2 fully saturated rings. The molecule has 0 saturated heterocycles. The number of aliphatic hydroxyl groups excluding tert-OH is 1. The number of hydrogen-bond acceptors (Lipinski definition) is 2. The van der Waals surface area contributed by atoms with E-state index in [0.717, 1.165) is 12.8 Å². The van der Waals surface area contributed by atoms with Gasteiger partial charge in [0.15, 0.2) is 0 Å². The van der Waals surface area contributed by atoms with Crippen molar-refractivity contribution in [2.24, 2.45) is 11.3 Å². The van der Waals surface area contributed by atoms with E-state index in [4.69, 9.17) is 0 Å². The highest BCUT2D eigenvalue weighted by Gasteiger charge is 2.52. The minimum absolute atomic E-state index is 0.0538. The standard InChI is InChI=1S/C8H12O2/c1-8-3-5(2-7(8)10)6(9)4-8/h5,7,10H,2-4H2,1H3. The fourth-order valence-electron chi connectivity index (χ4n) is 2.31. The lowest BCUT2D eigenvalue weighted by Gasteiger charge is -2.25. The SMILES string of the molecule is CC12CC(=O)C(CC1O)C2. The molecular weight excluding hydrogens is 128 g/mol. The molecule has 0 heterocycles. The summed E-state index contributed by atoms with van der Waals surface area (Å²) < 4.78 is 0. The van der Waals surface area contributed by atoms with Crippen LogP contribution in [-0.4, -0.2) is 17.0 Å². The van der Waals surface area contributed by atoms with Gasteiger partial charge < -0.3 is 5.11 Å². The number of carbonyl (C=O) groups is 1. The van der Waals surface area contributed by atoms with Crippen LogP contribution < -0.4 is 0 Å². The average Bonchev–Trinajstić information content (AvgIpc) is 2.20. The molecule has 2 bridgehead atoms. The molecular formula is C8H12O2. The van der Waals surface area contributed by atoms with Gasteiger partial charge in [-0.15, -0.1) is 0 Å². The summed E-state index contributed by atoms with van der Waals surface area (Å²) in [6, 6.07) is 0. The van der Waals surface area contributed by atoms with Gasteiger partial charge in [0.1, 0.15) is 5.78 Å². The van der Waals surface area contributed by atoms with Gasteiger partial charge in [0, 0.05) is 17.8 Å². The van der Waals surface area contributed by atoms with Crippen LogP contribution in [-0.2, 0) is 4.79 Å². The number of Topliss-reactive ketones (excluding diaryl/α,β-unsaturated/α-hetero) is 1. The first-order chi connectivity index (χ1) is 4.62. The third-order valence-electron chi connectivity index (χ3n) is 3.06. The Hall–Kier alpha value is -0.370. The summed E-state index contributed by atoms with van der Waals surface area (Å²) in [6.07, 6.45) is 2.04. The van der Waals surface area contributed by atoms with Crippen molar-refractivity contribution in [3.63, 3.8) is 0 Å². The van der Waals surface area contributed by atoms with E-state index in [1.54, 1.807) is 0 Å². The lowest BCUT2D eigenvalue weighted by Crippen LogP contribution is -2.29. The summed E-state index contributed by atoms with van der Waals surface area (Å²) in [5.74, 6) is 0.563. The Morgan fingerprint density at radius 3 is 2.70 bits per heavy atom. The molecule has 0 aromatic rings. The van der Waals surface area contributed by atoms with E-state index in [1.807, 2.05) is 6.92 Å². The van der Waals surface area contributed by atoms with Crippen molar-refractivity contribution in [2.75, 3.05) is 0 Å². The fourth-order valence-corrected chi connectivity index (χ4v) is 2.31. The first-order valence-electron chi connectivity index (χ1n) is 3.83. The zero-order valence-corrected chi connectivity index (χ0v) is 6.13. The van der Waals surface area contributed by atoms with Crippen LogP contribution >= 0.6 is 0 Å². The largest absolute Gasteiger partial charge is 0.393 e. The maximum Gasteiger partial charge on any atom is 0.136 e. The van der Waals surface area contributed by atoms with E-state index in [1.165, 1.54) is 0 Å². The maximum absolute atomic E-state index is 11.1. The van der Waals surface area contributed by atoms with E-state index in [9.17, 15) is 9.90 Å². The Bertz CT molecular complexity index is 188. The number of carbonyl (C=O) groups excluding carboxylic acids is 1. The number of fused-ring (bicyclic) bond motifs is 2. The zero-order valence-electron chi connectivity index (χ0n) is 6.13. The first-order valence-corrected chi connectivity index (χ1v) is 3.83. The van der Waals surface area contributed by atoms with Crippen molar-refractivity contribution >= 4 is 5.78 Å². The molecule has 2 aliphatic carbocycles. The molecule has 2 rings (SSSR count). The van der Waals surface area contributed by atoms with Gasteiger partial charge in [-0.1, -0.05) is 6.92 Å². The van der Waals surface area contributed by atoms with Crippen LogP contribution in [0.5, 0.6) is 0 Å². The highest BCUT2D eigenvalue weighted by Crippen LogP contribution is 2.51. The lowest BCUT2D eigenvalue weighted by atomic mass is 9.84. The van der Waals surface area contributed by atoms with Crippen molar-refractivity contribution in [1.29, 1.82) is 0 Å². The van der Waals surface area contributed by atoms with Gasteiger partial charge >= 0.3 is 0 Å². The number of hydrogen-bond donors (Lipinski definition) is 1. The molecule has 0 spiro atoms. The smallest absolute Gasteiger partial charge is 0.136 e. The molecule has 0 aromatic heterocycles. The third-order valence-corrected chi connectivity index (χ3v) is 3.06. The van der Waals surface area contributed by atoms with Gasteiger partial charge in [-0.25, -0.2) is 0 Å². The van der Waals surface area contributed by atoms with E-state index >= 15 is 0 Å². The van der Waals surface area contributed by atoms with Crippen LogP contribution in [0.3, 0.4) is 0 Å². The molecule has 10 heavy (non-hydrogen) atoms. The summed E-state index contributed by atoms with van der Waals surface area (Å²) >= 11 is 0. The average molecular weight is 140 g/mol. The zero-order chi connectivity index (χ0) is 7.35. The Kier molecular flexibility index (Phi) is 1.03. The Balaban J connectivity index is 2.29. The Labute approximate surface area is 60.2 Å². The van der Waals surface area contributed by atoms with Gasteiger partial charge in [-0.2, -0.15) is 0 Å². The topological polar surface area (TPSA) is 37.3 Å². The van der Waals surface area contributed by atoms with Crippen LogP contribution in [0, 0.1) is 11.3 Å². The molecule has 2 nitrogen and oxygen atoms in total. The molecule has 3 unspecified atom stereocenters. The normalized spacial score (nSPS) is 52.4. The minimum atomic E-state index is -0.213. The molecule has 0 radical (unpaired) electrons. The molecule has 1 N–H and O–H groups in total. The lowest BCUT2D eigenvalue weighted by molar-refractivity contribution is -0.124. The van der Waals surface area contributed by atoms with Gasteiger partial charge in [-0.05, 0) is 12.8 Å². The van der Waals surface area contributed by atoms with Gasteiger partial charge in [0.2, 0.25) is 0 Å². The summed E-state index contributed by atoms with van der Waals surface area (Å²) in [7, 11) is 0. The summed E-state index contributed by atoms with van der Waals surface area (Å²) in [5.41, 5.74) is -0.0538. The molecule has 2 heteroatoms. The molecule has 2 saturated carbocycles. The van der Waals surface area contributed by atoms with Crippen LogP contribution in [0.2, 0.25) is 0 Å². The predicted molar refractivity (Wildman–Crippen MR) is 36.5 cm³/mol. The maximum atomic E-state index is 11.1. The first kappa shape index (κ1) is 6.35. The molecule has 3 atom stereocenters.